The lowest BCUT2D eigenvalue weighted by atomic mass is 10.2. The molecule has 0 aromatic carbocycles. The molecule has 1 aromatic rings. The van der Waals surface area contributed by atoms with Crippen LogP contribution in [0.15, 0.2) is 0 Å². The van der Waals surface area contributed by atoms with Crippen LogP contribution in [-0.4, -0.2) is 41.7 Å². The molecule has 0 bridgehead atoms. The molecule has 1 amide bonds. The maximum absolute atomic E-state index is 11.4. The molecule has 0 spiro atoms. The van der Waals surface area contributed by atoms with E-state index >= 15 is 0 Å². The van der Waals surface area contributed by atoms with E-state index in [4.69, 9.17) is 5.73 Å². The second-order valence-corrected chi connectivity index (χ2v) is 4.35. The van der Waals surface area contributed by atoms with Crippen LogP contribution in [0.1, 0.15) is 16.9 Å². The van der Waals surface area contributed by atoms with Crippen molar-refractivity contribution < 1.29 is 4.79 Å². The molecule has 1 unspecified atom stereocenters. The molecule has 1 saturated heterocycles. The van der Waals surface area contributed by atoms with Crippen LogP contribution in [0.4, 0.5) is 17.5 Å². The van der Waals surface area contributed by atoms with E-state index < -0.39 is 5.91 Å². The third-order valence-corrected chi connectivity index (χ3v) is 3.06. The van der Waals surface area contributed by atoms with Gasteiger partial charge in [-0.05, 0) is 13.0 Å². The van der Waals surface area contributed by atoms with Crippen LogP contribution >= 0.6 is 0 Å². The largest absolute Gasteiger partial charge is 0.364 e. The second-order valence-electron chi connectivity index (χ2n) is 4.35. The SMILES string of the molecule is NC(=O)c1nc(NC2CCNC2)nc2c1NCN2. The summed E-state index contributed by atoms with van der Waals surface area (Å²) in [5.41, 5.74) is 6.13. The Morgan fingerprint density at radius 1 is 1.39 bits per heavy atom. The summed E-state index contributed by atoms with van der Waals surface area (Å²) in [7, 11) is 0. The summed E-state index contributed by atoms with van der Waals surface area (Å²) in [5, 5.41) is 12.5. The fourth-order valence-corrected chi connectivity index (χ4v) is 2.18. The maximum atomic E-state index is 11.4. The van der Waals surface area contributed by atoms with Crippen LogP contribution in [0.2, 0.25) is 0 Å². The first kappa shape index (κ1) is 11.0. The number of fused-ring (bicyclic) bond motifs is 1. The van der Waals surface area contributed by atoms with E-state index in [1.54, 1.807) is 0 Å². The smallest absolute Gasteiger partial charge is 0.269 e. The van der Waals surface area contributed by atoms with Crippen molar-refractivity contribution in [3.05, 3.63) is 5.69 Å². The lowest BCUT2D eigenvalue weighted by molar-refractivity contribution is 0.0996. The molecule has 0 radical (unpaired) electrons. The van der Waals surface area contributed by atoms with E-state index in [-0.39, 0.29) is 11.7 Å². The first-order valence-corrected chi connectivity index (χ1v) is 5.91. The molecule has 2 aliphatic heterocycles. The zero-order valence-corrected chi connectivity index (χ0v) is 9.79. The van der Waals surface area contributed by atoms with Gasteiger partial charge < -0.3 is 27.0 Å². The Morgan fingerprint density at radius 3 is 3.00 bits per heavy atom. The van der Waals surface area contributed by atoms with Crippen molar-refractivity contribution in [2.45, 2.75) is 12.5 Å². The predicted octanol–water partition coefficient (Wildman–Crippen LogP) is -0.856. The molecule has 18 heavy (non-hydrogen) atoms. The lowest BCUT2D eigenvalue weighted by Crippen LogP contribution is -2.24. The molecule has 1 atom stereocenters. The highest BCUT2D eigenvalue weighted by Gasteiger charge is 2.23. The van der Waals surface area contributed by atoms with Crippen molar-refractivity contribution in [2.24, 2.45) is 5.73 Å². The monoisotopic (exact) mass is 249 g/mol. The summed E-state index contributed by atoms with van der Waals surface area (Å²) in [6, 6.07) is 0.290. The van der Waals surface area contributed by atoms with Gasteiger partial charge in [0.2, 0.25) is 5.95 Å². The van der Waals surface area contributed by atoms with Gasteiger partial charge in [-0.1, -0.05) is 0 Å². The Bertz CT molecular complexity index is 483. The van der Waals surface area contributed by atoms with Crippen LogP contribution < -0.4 is 27.0 Å². The molecule has 1 fully saturated rings. The predicted molar refractivity (Wildman–Crippen MR) is 67.6 cm³/mol. The van der Waals surface area contributed by atoms with E-state index in [9.17, 15) is 4.79 Å². The summed E-state index contributed by atoms with van der Waals surface area (Å²) in [5.74, 6) is 0.497. The Morgan fingerprint density at radius 2 is 2.28 bits per heavy atom. The number of anilines is 3. The van der Waals surface area contributed by atoms with Crippen molar-refractivity contribution >= 4 is 23.4 Å². The van der Waals surface area contributed by atoms with Crippen LogP contribution in [0, 0.1) is 0 Å². The van der Waals surface area contributed by atoms with Gasteiger partial charge in [0, 0.05) is 12.6 Å². The topological polar surface area (TPSA) is 117 Å². The Labute approximate surface area is 104 Å². The zero-order chi connectivity index (χ0) is 12.5. The molecule has 2 aliphatic rings. The molecule has 0 aliphatic carbocycles. The summed E-state index contributed by atoms with van der Waals surface area (Å²) in [4.78, 5) is 19.9. The third-order valence-electron chi connectivity index (χ3n) is 3.06. The molecule has 3 rings (SSSR count). The number of carbonyl (C=O) groups is 1. The Kier molecular flexibility index (Phi) is 2.63. The van der Waals surface area contributed by atoms with Gasteiger partial charge in [0.25, 0.3) is 5.91 Å². The average molecular weight is 249 g/mol. The van der Waals surface area contributed by atoms with Crippen molar-refractivity contribution in [1.29, 1.82) is 0 Å². The van der Waals surface area contributed by atoms with Crippen LogP contribution in [-0.2, 0) is 0 Å². The second kappa shape index (κ2) is 4.30. The number of hydrogen-bond donors (Lipinski definition) is 5. The molecule has 3 heterocycles. The van der Waals surface area contributed by atoms with E-state index in [1.165, 1.54) is 0 Å². The van der Waals surface area contributed by atoms with Crippen LogP contribution in [0.25, 0.3) is 0 Å². The van der Waals surface area contributed by atoms with E-state index in [0.29, 0.717) is 24.1 Å². The standard InChI is InChI=1S/C10H15N7O/c11-8(18)6-7-9(14-4-13-7)17-10(16-6)15-5-1-2-12-3-5/h5,12-13H,1-4H2,(H2,11,18)(H2,14,15,16,17). The summed E-state index contributed by atoms with van der Waals surface area (Å²) in [6.07, 6.45) is 1.01. The van der Waals surface area contributed by atoms with Gasteiger partial charge >= 0.3 is 0 Å². The lowest BCUT2D eigenvalue weighted by Gasteiger charge is -2.13. The highest BCUT2D eigenvalue weighted by molar-refractivity contribution is 6.00. The molecular formula is C10H15N7O. The highest BCUT2D eigenvalue weighted by atomic mass is 16.1. The van der Waals surface area contributed by atoms with Crippen LogP contribution in [0.3, 0.4) is 0 Å². The average Bonchev–Trinajstić information content (AvgIpc) is 2.98. The maximum Gasteiger partial charge on any atom is 0.269 e. The Hall–Kier alpha value is -2.09. The fourth-order valence-electron chi connectivity index (χ4n) is 2.18. The van der Waals surface area contributed by atoms with Gasteiger partial charge in [-0.15, -0.1) is 0 Å². The number of carbonyl (C=O) groups excluding carboxylic acids is 1. The highest BCUT2D eigenvalue weighted by Crippen LogP contribution is 2.28. The molecular weight excluding hydrogens is 234 g/mol. The zero-order valence-electron chi connectivity index (χ0n) is 9.79. The molecule has 8 nitrogen and oxygen atoms in total. The van der Waals surface area contributed by atoms with Crippen molar-refractivity contribution in [1.82, 2.24) is 15.3 Å². The number of nitrogens with zero attached hydrogens (tertiary/aromatic N) is 2. The first-order chi connectivity index (χ1) is 8.74. The van der Waals surface area contributed by atoms with Gasteiger partial charge in [0.1, 0.15) is 5.69 Å². The quantitative estimate of drug-likeness (QED) is 0.473. The number of nitrogens with one attached hydrogen (secondary N) is 4. The van der Waals surface area contributed by atoms with Crippen molar-refractivity contribution in [3.63, 3.8) is 0 Å². The van der Waals surface area contributed by atoms with E-state index in [1.807, 2.05) is 0 Å². The number of primary amides is 1. The van der Waals surface area contributed by atoms with E-state index in [2.05, 4.69) is 31.2 Å². The van der Waals surface area contributed by atoms with Crippen molar-refractivity contribution in [3.8, 4) is 0 Å². The fraction of sp³-hybridized carbons (Fsp3) is 0.500. The number of hydrogen-bond acceptors (Lipinski definition) is 7. The van der Waals surface area contributed by atoms with Gasteiger partial charge in [0.05, 0.1) is 6.67 Å². The normalized spacial score (nSPS) is 21.0. The van der Waals surface area contributed by atoms with Gasteiger partial charge in [-0.2, -0.15) is 4.98 Å². The summed E-state index contributed by atoms with van der Waals surface area (Å²) >= 11 is 0. The van der Waals surface area contributed by atoms with Crippen LogP contribution in [0.5, 0.6) is 0 Å². The minimum atomic E-state index is -0.558. The van der Waals surface area contributed by atoms with Gasteiger partial charge in [-0.25, -0.2) is 4.98 Å². The minimum absolute atomic E-state index is 0.221. The molecule has 96 valence electrons. The van der Waals surface area contributed by atoms with Gasteiger partial charge in [-0.3, -0.25) is 4.79 Å². The Balaban J connectivity index is 1.90. The minimum Gasteiger partial charge on any atom is -0.364 e. The summed E-state index contributed by atoms with van der Waals surface area (Å²) in [6.45, 7) is 2.38. The number of nitrogens with two attached hydrogens (primary N) is 1. The van der Waals surface area contributed by atoms with Gasteiger partial charge in [0.15, 0.2) is 11.5 Å². The first-order valence-electron chi connectivity index (χ1n) is 5.91. The molecule has 1 aromatic heterocycles. The van der Waals surface area contributed by atoms with Crippen molar-refractivity contribution in [2.75, 3.05) is 35.7 Å². The molecule has 6 N–H and O–H groups in total. The third kappa shape index (κ3) is 1.90. The number of aromatic nitrogens is 2. The molecule has 8 heteroatoms. The number of rotatable bonds is 3. The van der Waals surface area contributed by atoms with E-state index in [0.717, 1.165) is 19.5 Å². The summed E-state index contributed by atoms with van der Waals surface area (Å²) < 4.78 is 0. The number of amides is 1. The molecule has 0 saturated carbocycles.